The Balaban J connectivity index is 1.92. The molecular formula is C12H18N2O2. The number of carbonyl (C=O) groups is 2. The van der Waals surface area contributed by atoms with Crippen molar-refractivity contribution in [3.8, 4) is 0 Å². The second-order valence-corrected chi connectivity index (χ2v) is 4.78. The number of nitrogens with one attached hydrogen (secondary N) is 1. The number of carbonyl (C=O) groups excluding carboxylic acids is 2. The summed E-state index contributed by atoms with van der Waals surface area (Å²) < 4.78 is 0. The maximum Gasteiger partial charge on any atom is 0.246 e. The number of likely N-dealkylation sites (tertiary alicyclic amines) is 1. The van der Waals surface area contributed by atoms with Gasteiger partial charge in [0.25, 0.3) is 0 Å². The molecule has 0 saturated carbocycles. The van der Waals surface area contributed by atoms with E-state index < -0.39 is 0 Å². The third-order valence-electron chi connectivity index (χ3n) is 3.64. The molecule has 0 aliphatic carbocycles. The number of amides is 2. The van der Waals surface area contributed by atoms with E-state index in [0.717, 1.165) is 32.5 Å². The number of rotatable bonds is 1. The van der Waals surface area contributed by atoms with Gasteiger partial charge in [0.05, 0.1) is 0 Å². The van der Waals surface area contributed by atoms with Gasteiger partial charge in [-0.05, 0) is 31.3 Å². The molecule has 4 heteroatoms. The van der Waals surface area contributed by atoms with Crippen LogP contribution >= 0.6 is 0 Å². The summed E-state index contributed by atoms with van der Waals surface area (Å²) in [4.78, 5) is 24.7. The van der Waals surface area contributed by atoms with Gasteiger partial charge in [-0.25, -0.2) is 0 Å². The SMILES string of the molecule is CC=CC(=O)N1CCC2(CC1)CNC(=O)C2. The molecule has 0 bridgehead atoms. The largest absolute Gasteiger partial charge is 0.356 e. The molecule has 2 rings (SSSR count). The Bertz CT molecular complexity index is 328. The number of allylic oxidation sites excluding steroid dienone is 1. The third kappa shape index (κ3) is 2.10. The summed E-state index contributed by atoms with van der Waals surface area (Å²) in [7, 11) is 0. The Labute approximate surface area is 95.7 Å². The Hall–Kier alpha value is -1.32. The molecular weight excluding hydrogens is 204 g/mol. The Morgan fingerprint density at radius 1 is 1.44 bits per heavy atom. The minimum Gasteiger partial charge on any atom is -0.356 e. The van der Waals surface area contributed by atoms with Gasteiger partial charge in [-0.15, -0.1) is 0 Å². The molecule has 2 saturated heterocycles. The van der Waals surface area contributed by atoms with E-state index in [9.17, 15) is 9.59 Å². The van der Waals surface area contributed by atoms with E-state index in [0.29, 0.717) is 6.42 Å². The van der Waals surface area contributed by atoms with Gasteiger partial charge in [0.1, 0.15) is 0 Å². The van der Waals surface area contributed by atoms with Crippen LogP contribution in [0.2, 0.25) is 0 Å². The first-order valence-electron chi connectivity index (χ1n) is 5.83. The molecule has 2 aliphatic heterocycles. The first-order valence-corrected chi connectivity index (χ1v) is 5.83. The van der Waals surface area contributed by atoms with Crippen LogP contribution < -0.4 is 5.32 Å². The first-order chi connectivity index (χ1) is 7.65. The van der Waals surface area contributed by atoms with Crippen molar-refractivity contribution < 1.29 is 9.59 Å². The lowest BCUT2D eigenvalue weighted by Gasteiger charge is -2.37. The fourth-order valence-corrected chi connectivity index (χ4v) is 2.55. The fraction of sp³-hybridized carbons (Fsp3) is 0.667. The zero-order valence-corrected chi connectivity index (χ0v) is 9.66. The topological polar surface area (TPSA) is 49.4 Å². The molecule has 2 aliphatic rings. The molecule has 1 N–H and O–H groups in total. The van der Waals surface area contributed by atoms with Crippen molar-refractivity contribution >= 4 is 11.8 Å². The molecule has 0 aromatic rings. The van der Waals surface area contributed by atoms with Crippen LogP contribution in [0, 0.1) is 5.41 Å². The second-order valence-electron chi connectivity index (χ2n) is 4.78. The van der Waals surface area contributed by atoms with Gasteiger partial charge in [0.2, 0.25) is 11.8 Å². The Morgan fingerprint density at radius 2 is 2.12 bits per heavy atom. The molecule has 0 radical (unpaired) electrons. The van der Waals surface area contributed by atoms with E-state index >= 15 is 0 Å². The average molecular weight is 222 g/mol. The van der Waals surface area contributed by atoms with Crippen molar-refractivity contribution in [1.29, 1.82) is 0 Å². The summed E-state index contributed by atoms with van der Waals surface area (Å²) in [5.41, 5.74) is 0.129. The van der Waals surface area contributed by atoms with Crippen molar-refractivity contribution in [1.82, 2.24) is 10.2 Å². The molecule has 0 aromatic carbocycles. The molecule has 16 heavy (non-hydrogen) atoms. The highest BCUT2D eigenvalue weighted by atomic mass is 16.2. The van der Waals surface area contributed by atoms with E-state index in [-0.39, 0.29) is 17.2 Å². The molecule has 4 nitrogen and oxygen atoms in total. The third-order valence-corrected chi connectivity index (χ3v) is 3.64. The highest BCUT2D eigenvalue weighted by molar-refractivity contribution is 5.87. The lowest BCUT2D eigenvalue weighted by molar-refractivity contribution is -0.128. The molecule has 2 heterocycles. The maximum atomic E-state index is 11.6. The molecule has 0 aromatic heterocycles. The molecule has 1 spiro atoms. The fourth-order valence-electron chi connectivity index (χ4n) is 2.55. The summed E-state index contributed by atoms with van der Waals surface area (Å²) in [6, 6.07) is 0. The van der Waals surface area contributed by atoms with Crippen molar-refractivity contribution in [2.45, 2.75) is 26.2 Å². The average Bonchev–Trinajstić information content (AvgIpc) is 2.61. The summed E-state index contributed by atoms with van der Waals surface area (Å²) in [5, 5.41) is 2.89. The monoisotopic (exact) mass is 222 g/mol. The van der Waals surface area contributed by atoms with Gasteiger partial charge in [-0.2, -0.15) is 0 Å². The Morgan fingerprint density at radius 3 is 2.62 bits per heavy atom. The van der Waals surface area contributed by atoms with Crippen LogP contribution in [0.25, 0.3) is 0 Å². The standard InChI is InChI=1S/C12H18N2O2/c1-2-3-11(16)14-6-4-12(5-7-14)8-10(15)13-9-12/h2-3H,4-9H2,1H3,(H,13,15). The number of nitrogens with zero attached hydrogens (tertiary/aromatic N) is 1. The van der Waals surface area contributed by atoms with Crippen LogP contribution in [0.5, 0.6) is 0 Å². The van der Waals surface area contributed by atoms with Gasteiger partial charge >= 0.3 is 0 Å². The van der Waals surface area contributed by atoms with Crippen LogP contribution in [-0.2, 0) is 9.59 Å². The maximum absolute atomic E-state index is 11.6. The highest BCUT2D eigenvalue weighted by Crippen LogP contribution is 2.37. The van der Waals surface area contributed by atoms with E-state index in [1.165, 1.54) is 0 Å². The summed E-state index contributed by atoms with van der Waals surface area (Å²) in [5.74, 6) is 0.253. The molecule has 0 unspecified atom stereocenters. The van der Waals surface area contributed by atoms with Gasteiger partial charge < -0.3 is 10.2 Å². The van der Waals surface area contributed by atoms with Gasteiger partial charge in [-0.3, -0.25) is 9.59 Å². The van der Waals surface area contributed by atoms with Crippen LogP contribution in [0.4, 0.5) is 0 Å². The second kappa shape index (κ2) is 4.28. The lowest BCUT2D eigenvalue weighted by atomic mass is 9.77. The molecule has 2 amide bonds. The summed E-state index contributed by atoms with van der Waals surface area (Å²) in [6.45, 7) is 4.19. The predicted octanol–water partition coefficient (Wildman–Crippen LogP) is 0.691. The van der Waals surface area contributed by atoms with Crippen LogP contribution in [-0.4, -0.2) is 36.3 Å². The van der Waals surface area contributed by atoms with Gasteiger partial charge in [0, 0.05) is 26.1 Å². The van der Waals surface area contributed by atoms with Crippen molar-refractivity contribution in [2.24, 2.45) is 5.41 Å². The number of piperidine rings is 1. The normalized spacial score (nSPS) is 24.1. The van der Waals surface area contributed by atoms with Crippen molar-refractivity contribution in [3.63, 3.8) is 0 Å². The number of hydrogen-bond donors (Lipinski definition) is 1. The minimum atomic E-state index is 0.0923. The van der Waals surface area contributed by atoms with E-state index in [4.69, 9.17) is 0 Å². The predicted molar refractivity (Wildman–Crippen MR) is 60.7 cm³/mol. The number of hydrogen-bond acceptors (Lipinski definition) is 2. The van der Waals surface area contributed by atoms with Crippen LogP contribution in [0.1, 0.15) is 26.2 Å². The van der Waals surface area contributed by atoms with E-state index in [1.54, 1.807) is 12.2 Å². The lowest BCUT2D eigenvalue weighted by Crippen LogP contribution is -2.43. The zero-order chi connectivity index (χ0) is 11.6. The molecule has 0 atom stereocenters. The van der Waals surface area contributed by atoms with E-state index in [1.807, 2.05) is 11.8 Å². The Kier molecular flexibility index (Phi) is 2.99. The molecule has 2 fully saturated rings. The smallest absolute Gasteiger partial charge is 0.246 e. The van der Waals surface area contributed by atoms with E-state index in [2.05, 4.69) is 5.32 Å². The quantitative estimate of drug-likeness (QED) is 0.664. The highest BCUT2D eigenvalue weighted by Gasteiger charge is 2.41. The molecule has 88 valence electrons. The zero-order valence-electron chi connectivity index (χ0n) is 9.66. The summed E-state index contributed by atoms with van der Waals surface area (Å²) in [6.07, 6.45) is 5.89. The first kappa shape index (κ1) is 11.2. The van der Waals surface area contributed by atoms with Gasteiger partial charge in [-0.1, -0.05) is 6.08 Å². The summed E-state index contributed by atoms with van der Waals surface area (Å²) >= 11 is 0. The minimum absolute atomic E-state index is 0.0923. The van der Waals surface area contributed by atoms with Crippen LogP contribution in [0.15, 0.2) is 12.2 Å². The van der Waals surface area contributed by atoms with Crippen molar-refractivity contribution in [3.05, 3.63) is 12.2 Å². The van der Waals surface area contributed by atoms with Gasteiger partial charge in [0.15, 0.2) is 0 Å². The van der Waals surface area contributed by atoms with Crippen molar-refractivity contribution in [2.75, 3.05) is 19.6 Å². The van der Waals surface area contributed by atoms with Crippen LogP contribution in [0.3, 0.4) is 0 Å².